The second-order valence-electron chi connectivity index (χ2n) is 6.37. The van der Waals surface area contributed by atoms with Crippen molar-refractivity contribution in [1.82, 2.24) is 9.88 Å². The highest BCUT2D eigenvalue weighted by atomic mass is 16.5. The van der Waals surface area contributed by atoms with Crippen molar-refractivity contribution >= 4 is 17.5 Å². The van der Waals surface area contributed by atoms with Crippen LogP contribution in [0.15, 0.2) is 48.7 Å². The molecule has 1 aliphatic carbocycles. The minimum atomic E-state index is -0.799. The smallest absolute Gasteiger partial charge is 0.266 e. The fourth-order valence-electron chi connectivity index (χ4n) is 2.98. The standard InChI is InChI=1S/C19H19N3O3/c23-18(22(14-8-9-14)12-13-5-3-4-10-20-13)11-17-19(24)21-15-6-1-2-7-16(15)25-17/h1-7,10,14,17H,8-9,11-12H2,(H,21,24). The van der Waals surface area contributed by atoms with Crippen molar-refractivity contribution in [2.45, 2.75) is 38.0 Å². The zero-order valence-corrected chi connectivity index (χ0v) is 13.7. The van der Waals surface area contributed by atoms with Crippen molar-refractivity contribution in [2.24, 2.45) is 0 Å². The summed E-state index contributed by atoms with van der Waals surface area (Å²) in [7, 11) is 0. The molecule has 1 atom stereocenters. The Kier molecular flexibility index (Phi) is 4.09. The number of amides is 2. The first-order chi connectivity index (χ1) is 12.2. The molecule has 25 heavy (non-hydrogen) atoms. The Morgan fingerprint density at radius 1 is 1.20 bits per heavy atom. The molecule has 2 aliphatic rings. The van der Waals surface area contributed by atoms with E-state index in [0.717, 1.165) is 18.5 Å². The number of para-hydroxylation sites is 2. The van der Waals surface area contributed by atoms with Crippen molar-refractivity contribution in [1.29, 1.82) is 0 Å². The highest BCUT2D eigenvalue weighted by molar-refractivity contribution is 6.00. The summed E-state index contributed by atoms with van der Waals surface area (Å²) in [6.07, 6.45) is 2.95. The van der Waals surface area contributed by atoms with E-state index in [9.17, 15) is 9.59 Å². The zero-order valence-electron chi connectivity index (χ0n) is 13.7. The third kappa shape index (κ3) is 3.47. The number of nitrogens with zero attached hydrogens (tertiary/aromatic N) is 2. The number of carbonyl (C=O) groups excluding carboxylic acids is 2. The molecule has 2 heterocycles. The highest BCUT2D eigenvalue weighted by Crippen LogP contribution is 2.32. The Morgan fingerprint density at radius 2 is 2.00 bits per heavy atom. The highest BCUT2D eigenvalue weighted by Gasteiger charge is 2.36. The molecular formula is C19H19N3O3. The molecular weight excluding hydrogens is 318 g/mol. The predicted octanol–water partition coefficient (Wildman–Crippen LogP) is 2.36. The molecule has 1 aromatic heterocycles. The van der Waals surface area contributed by atoms with Crippen LogP contribution in [-0.4, -0.2) is 33.8 Å². The Bertz CT molecular complexity index is 790. The van der Waals surface area contributed by atoms with Crippen LogP contribution in [-0.2, 0) is 16.1 Å². The van der Waals surface area contributed by atoms with Gasteiger partial charge in [-0.3, -0.25) is 14.6 Å². The van der Waals surface area contributed by atoms with Crippen LogP contribution in [0.5, 0.6) is 5.75 Å². The lowest BCUT2D eigenvalue weighted by molar-refractivity contribution is -0.138. The van der Waals surface area contributed by atoms with Crippen LogP contribution in [0.2, 0.25) is 0 Å². The van der Waals surface area contributed by atoms with E-state index in [-0.39, 0.29) is 24.3 Å². The van der Waals surface area contributed by atoms with Crippen LogP contribution >= 0.6 is 0 Å². The van der Waals surface area contributed by atoms with Crippen molar-refractivity contribution in [3.63, 3.8) is 0 Å². The van der Waals surface area contributed by atoms with E-state index in [2.05, 4.69) is 10.3 Å². The lowest BCUT2D eigenvalue weighted by atomic mass is 10.1. The van der Waals surface area contributed by atoms with E-state index in [4.69, 9.17) is 4.74 Å². The van der Waals surface area contributed by atoms with Crippen LogP contribution in [0, 0.1) is 0 Å². The van der Waals surface area contributed by atoms with Crippen LogP contribution < -0.4 is 10.1 Å². The lowest BCUT2D eigenvalue weighted by Gasteiger charge is -2.28. The molecule has 1 aliphatic heterocycles. The number of aromatic nitrogens is 1. The van der Waals surface area contributed by atoms with Gasteiger partial charge in [-0.15, -0.1) is 0 Å². The van der Waals surface area contributed by atoms with Gasteiger partial charge >= 0.3 is 0 Å². The topological polar surface area (TPSA) is 71.5 Å². The largest absolute Gasteiger partial charge is 0.478 e. The number of hydrogen-bond donors (Lipinski definition) is 1. The number of fused-ring (bicyclic) bond motifs is 1. The molecule has 6 nitrogen and oxygen atoms in total. The predicted molar refractivity (Wildman–Crippen MR) is 91.9 cm³/mol. The maximum absolute atomic E-state index is 12.8. The number of anilines is 1. The summed E-state index contributed by atoms with van der Waals surface area (Å²) in [4.78, 5) is 31.1. The second-order valence-corrected chi connectivity index (χ2v) is 6.37. The van der Waals surface area contributed by atoms with Gasteiger partial charge in [-0.25, -0.2) is 0 Å². The molecule has 0 saturated heterocycles. The first-order valence-corrected chi connectivity index (χ1v) is 8.46. The Balaban J connectivity index is 1.46. The molecule has 4 rings (SSSR count). The minimum absolute atomic E-state index is 0.0313. The van der Waals surface area contributed by atoms with E-state index in [0.29, 0.717) is 18.0 Å². The summed E-state index contributed by atoms with van der Waals surface area (Å²) < 4.78 is 5.74. The number of rotatable bonds is 5. The molecule has 1 unspecified atom stereocenters. The fraction of sp³-hybridized carbons (Fsp3) is 0.316. The lowest BCUT2D eigenvalue weighted by Crippen LogP contribution is -2.42. The Hall–Kier alpha value is -2.89. The van der Waals surface area contributed by atoms with E-state index in [1.807, 2.05) is 35.2 Å². The van der Waals surface area contributed by atoms with Crippen molar-refractivity contribution in [3.05, 3.63) is 54.4 Å². The van der Waals surface area contributed by atoms with Crippen LogP contribution in [0.1, 0.15) is 25.0 Å². The molecule has 6 heteroatoms. The van der Waals surface area contributed by atoms with Crippen LogP contribution in [0.4, 0.5) is 5.69 Å². The normalized spacial score (nSPS) is 18.7. The number of carbonyl (C=O) groups is 2. The summed E-state index contributed by atoms with van der Waals surface area (Å²) in [6, 6.07) is 13.2. The van der Waals surface area contributed by atoms with Crippen LogP contribution in [0.3, 0.4) is 0 Å². The van der Waals surface area contributed by atoms with E-state index < -0.39 is 6.10 Å². The average molecular weight is 337 g/mol. The van der Waals surface area contributed by atoms with E-state index >= 15 is 0 Å². The molecule has 2 aromatic rings. The Morgan fingerprint density at radius 3 is 2.76 bits per heavy atom. The number of nitrogens with one attached hydrogen (secondary N) is 1. The van der Waals surface area contributed by atoms with Crippen molar-refractivity contribution < 1.29 is 14.3 Å². The van der Waals surface area contributed by atoms with Gasteiger partial charge in [0.2, 0.25) is 5.91 Å². The van der Waals surface area contributed by atoms with Crippen molar-refractivity contribution in [2.75, 3.05) is 5.32 Å². The van der Waals surface area contributed by atoms with Gasteiger partial charge in [-0.2, -0.15) is 0 Å². The summed E-state index contributed by atoms with van der Waals surface area (Å²) >= 11 is 0. The maximum atomic E-state index is 12.8. The van der Waals surface area contributed by atoms with Gasteiger partial charge in [0.05, 0.1) is 24.3 Å². The molecule has 1 aromatic carbocycles. The average Bonchev–Trinajstić information content (AvgIpc) is 3.46. The molecule has 1 saturated carbocycles. The maximum Gasteiger partial charge on any atom is 0.266 e. The molecule has 0 spiro atoms. The number of ether oxygens (including phenoxy) is 1. The molecule has 2 amide bonds. The minimum Gasteiger partial charge on any atom is -0.478 e. The SMILES string of the molecule is O=C1Nc2ccccc2OC1CC(=O)N(Cc1ccccn1)C1CC1. The van der Waals surface area contributed by atoms with E-state index in [1.54, 1.807) is 18.3 Å². The summed E-state index contributed by atoms with van der Waals surface area (Å²) in [5.74, 6) is 0.246. The number of benzene rings is 1. The summed E-state index contributed by atoms with van der Waals surface area (Å²) in [6.45, 7) is 0.468. The molecule has 1 N–H and O–H groups in total. The van der Waals surface area contributed by atoms with Gasteiger partial charge < -0.3 is 15.0 Å². The molecule has 1 fully saturated rings. The molecule has 0 bridgehead atoms. The van der Waals surface area contributed by atoms with Gasteiger partial charge in [0.1, 0.15) is 5.75 Å². The Labute approximate surface area is 145 Å². The monoisotopic (exact) mass is 337 g/mol. The van der Waals surface area contributed by atoms with Gasteiger partial charge in [-0.05, 0) is 37.1 Å². The molecule has 128 valence electrons. The van der Waals surface area contributed by atoms with Gasteiger partial charge in [0, 0.05) is 12.2 Å². The first-order valence-electron chi connectivity index (χ1n) is 8.46. The third-order valence-electron chi connectivity index (χ3n) is 4.43. The van der Waals surface area contributed by atoms with Gasteiger partial charge in [-0.1, -0.05) is 18.2 Å². The quantitative estimate of drug-likeness (QED) is 0.909. The second kappa shape index (κ2) is 6.55. The zero-order chi connectivity index (χ0) is 17.2. The first kappa shape index (κ1) is 15.6. The van der Waals surface area contributed by atoms with E-state index in [1.165, 1.54) is 0 Å². The number of pyridine rings is 1. The van der Waals surface area contributed by atoms with Gasteiger partial charge in [0.15, 0.2) is 6.10 Å². The molecule has 0 radical (unpaired) electrons. The van der Waals surface area contributed by atoms with Gasteiger partial charge in [0.25, 0.3) is 5.91 Å². The summed E-state index contributed by atoms with van der Waals surface area (Å²) in [5.41, 5.74) is 1.49. The van der Waals surface area contributed by atoms with Crippen molar-refractivity contribution in [3.8, 4) is 5.75 Å². The third-order valence-corrected chi connectivity index (χ3v) is 4.43. The fourth-order valence-corrected chi connectivity index (χ4v) is 2.98. The van der Waals surface area contributed by atoms with Crippen LogP contribution in [0.25, 0.3) is 0 Å². The number of hydrogen-bond acceptors (Lipinski definition) is 4. The summed E-state index contributed by atoms with van der Waals surface area (Å²) in [5, 5.41) is 2.80.